The van der Waals surface area contributed by atoms with E-state index in [1.54, 1.807) is 48.4 Å². The molecule has 1 aliphatic heterocycles. The molecule has 0 amide bonds. The molecule has 3 aromatic heterocycles. The maximum Gasteiger partial charge on any atom is 0.252 e. The van der Waals surface area contributed by atoms with Gasteiger partial charge in [-0.25, -0.2) is 4.98 Å². The number of hydrogen-bond acceptors (Lipinski definition) is 8. The Morgan fingerprint density at radius 2 is 2.06 bits per heavy atom. The van der Waals surface area contributed by atoms with Crippen molar-refractivity contribution in [2.45, 2.75) is 25.7 Å². The summed E-state index contributed by atoms with van der Waals surface area (Å²) in [6, 6.07) is 7.14. The lowest BCUT2D eigenvalue weighted by Crippen LogP contribution is -2.38. The summed E-state index contributed by atoms with van der Waals surface area (Å²) >= 11 is 0. The van der Waals surface area contributed by atoms with E-state index in [-0.39, 0.29) is 11.5 Å². The normalized spacial score (nSPS) is 17.2. The number of rotatable bonds is 6. The Labute approximate surface area is 191 Å². The van der Waals surface area contributed by atoms with Crippen LogP contribution in [-0.2, 0) is 11.9 Å². The van der Waals surface area contributed by atoms with Crippen molar-refractivity contribution in [3.05, 3.63) is 58.5 Å². The average Bonchev–Trinajstić information content (AvgIpc) is 3.69. The second kappa shape index (κ2) is 8.98. The van der Waals surface area contributed by atoms with Gasteiger partial charge in [0.2, 0.25) is 0 Å². The number of hydrogen-bond donors (Lipinski definition) is 0. The summed E-state index contributed by atoms with van der Waals surface area (Å²) in [5.74, 6) is 0.802. The van der Waals surface area contributed by atoms with E-state index in [0.717, 1.165) is 43.0 Å². The van der Waals surface area contributed by atoms with Crippen LogP contribution in [0, 0.1) is 23.2 Å². The van der Waals surface area contributed by atoms with Crippen LogP contribution in [0.25, 0.3) is 11.0 Å². The minimum absolute atomic E-state index is 0.0959. The Balaban J connectivity index is 1.40. The Morgan fingerprint density at radius 3 is 2.76 bits per heavy atom. The van der Waals surface area contributed by atoms with Crippen molar-refractivity contribution in [1.82, 2.24) is 19.5 Å². The van der Waals surface area contributed by atoms with Gasteiger partial charge in [0.15, 0.2) is 0 Å². The molecule has 0 aromatic carbocycles. The van der Waals surface area contributed by atoms with Crippen LogP contribution >= 0.6 is 0 Å². The fraction of sp³-hybridized carbons (Fsp3) is 0.417. The third-order valence-electron chi connectivity index (χ3n) is 6.40. The summed E-state index contributed by atoms with van der Waals surface area (Å²) in [5.41, 5.74) is 3.97. The Morgan fingerprint density at radius 1 is 1.24 bits per heavy atom. The van der Waals surface area contributed by atoms with Crippen molar-refractivity contribution in [3.8, 4) is 6.07 Å². The van der Waals surface area contributed by atoms with E-state index >= 15 is 0 Å². The molecule has 0 unspecified atom stereocenters. The van der Waals surface area contributed by atoms with Crippen molar-refractivity contribution in [2.75, 3.05) is 24.6 Å². The van der Waals surface area contributed by atoms with E-state index in [9.17, 15) is 10.1 Å². The SMILES string of the molecule is Cn1c(=O)cc(N2CCC(/C(=N\OCC3CC3)c3cnccn3)CC2)c2nc(C#N)ccc21. The van der Waals surface area contributed by atoms with Crippen molar-refractivity contribution in [2.24, 2.45) is 24.0 Å². The van der Waals surface area contributed by atoms with E-state index in [1.165, 1.54) is 12.8 Å². The van der Waals surface area contributed by atoms with Crippen LogP contribution in [0.15, 0.2) is 46.7 Å². The molecule has 0 radical (unpaired) electrons. The summed E-state index contributed by atoms with van der Waals surface area (Å²) in [6.07, 6.45) is 9.13. The van der Waals surface area contributed by atoms with Crippen LogP contribution in [0.3, 0.4) is 0 Å². The maximum absolute atomic E-state index is 12.6. The number of piperidine rings is 1. The fourth-order valence-electron chi connectivity index (χ4n) is 4.27. The molecule has 5 rings (SSSR count). The van der Waals surface area contributed by atoms with Gasteiger partial charge in [0, 0.05) is 44.5 Å². The van der Waals surface area contributed by atoms with Crippen LogP contribution in [0.5, 0.6) is 0 Å². The number of aromatic nitrogens is 4. The molecule has 9 nitrogen and oxygen atoms in total. The first kappa shape index (κ1) is 21.1. The number of aryl methyl sites for hydroxylation is 1. The molecular weight excluding hydrogens is 418 g/mol. The molecule has 9 heteroatoms. The highest BCUT2D eigenvalue weighted by Crippen LogP contribution is 2.31. The molecule has 168 valence electrons. The standard InChI is InChI=1S/C24H25N7O2/c1-30-20-5-4-18(13-25)28-24(20)21(12-22(30)32)31-10-6-17(7-11-31)23(19-14-26-8-9-27-19)29-33-15-16-2-3-16/h4-5,8-9,12,14,16-17H,2-3,6-7,10-11,15H2,1H3/b29-23+. The predicted octanol–water partition coefficient (Wildman–Crippen LogP) is 2.64. The minimum atomic E-state index is -0.0959. The van der Waals surface area contributed by atoms with E-state index < -0.39 is 0 Å². The quantitative estimate of drug-likeness (QED) is 0.425. The highest BCUT2D eigenvalue weighted by atomic mass is 16.6. The number of nitrogens with zero attached hydrogens (tertiary/aromatic N) is 7. The largest absolute Gasteiger partial charge is 0.395 e. The molecule has 1 saturated carbocycles. The van der Waals surface area contributed by atoms with E-state index in [2.05, 4.69) is 31.1 Å². The zero-order chi connectivity index (χ0) is 22.8. The van der Waals surface area contributed by atoms with Gasteiger partial charge in [-0.1, -0.05) is 5.16 Å². The third-order valence-corrected chi connectivity index (χ3v) is 6.40. The van der Waals surface area contributed by atoms with Crippen LogP contribution in [0.1, 0.15) is 37.1 Å². The maximum atomic E-state index is 12.6. The lowest BCUT2D eigenvalue weighted by molar-refractivity contribution is 0.132. The minimum Gasteiger partial charge on any atom is -0.395 e. The topological polar surface area (TPSA) is 109 Å². The molecule has 0 spiro atoms. The van der Waals surface area contributed by atoms with Crippen LogP contribution in [0.2, 0.25) is 0 Å². The van der Waals surface area contributed by atoms with Crippen molar-refractivity contribution >= 4 is 22.4 Å². The lowest BCUT2D eigenvalue weighted by atomic mass is 9.90. The number of oxime groups is 1. The highest BCUT2D eigenvalue weighted by molar-refractivity contribution is 6.00. The molecule has 0 N–H and O–H groups in total. The molecule has 0 atom stereocenters. The molecule has 0 bridgehead atoms. The van der Waals surface area contributed by atoms with Gasteiger partial charge >= 0.3 is 0 Å². The van der Waals surface area contributed by atoms with Crippen molar-refractivity contribution < 1.29 is 4.84 Å². The van der Waals surface area contributed by atoms with E-state index in [1.807, 2.05) is 0 Å². The molecule has 1 saturated heterocycles. The lowest BCUT2D eigenvalue weighted by Gasteiger charge is -2.34. The Hall–Kier alpha value is -3.80. The molecule has 1 aliphatic carbocycles. The Kier molecular flexibility index (Phi) is 5.73. The molecule has 33 heavy (non-hydrogen) atoms. The number of fused-ring (bicyclic) bond motifs is 1. The first-order valence-corrected chi connectivity index (χ1v) is 11.3. The second-order valence-corrected chi connectivity index (χ2v) is 8.67. The zero-order valence-corrected chi connectivity index (χ0v) is 18.5. The smallest absolute Gasteiger partial charge is 0.252 e. The van der Waals surface area contributed by atoms with Gasteiger partial charge in [-0.2, -0.15) is 5.26 Å². The number of nitriles is 1. The monoisotopic (exact) mass is 443 g/mol. The zero-order valence-electron chi connectivity index (χ0n) is 18.5. The second-order valence-electron chi connectivity index (χ2n) is 8.67. The van der Waals surface area contributed by atoms with Crippen molar-refractivity contribution in [3.63, 3.8) is 0 Å². The predicted molar refractivity (Wildman–Crippen MR) is 124 cm³/mol. The summed E-state index contributed by atoms with van der Waals surface area (Å²) in [5, 5.41) is 13.8. The van der Waals surface area contributed by atoms with Crippen LogP contribution in [0.4, 0.5) is 5.69 Å². The van der Waals surface area contributed by atoms with Gasteiger partial charge in [-0.05, 0) is 43.7 Å². The van der Waals surface area contributed by atoms with Crippen LogP contribution in [-0.4, -0.2) is 44.9 Å². The van der Waals surface area contributed by atoms with E-state index in [0.29, 0.717) is 29.3 Å². The molecule has 2 fully saturated rings. The summed E-state index contributed by atoms with van der Waals surface area (Å²) < 4.78 is 1.57. The van der Waals surface area contributed by atoms with Gasteiger partial charge in [-0.3, -0.25) is 14.8 Å². The number of pyridine rings is 2. The molecule has 4 heterocycles. The van der Waals surface area contributed by atoms with Gasteiger partial charge in [0.05, 0.1) is 17.4 Å². The summed E-state index contributed by atoms with van der Waals surface area (Å²) in [6.45, 7) is 2.11. The van der Waals surface area contributed by atoms with Gasteiger partial charge in [0.25, 0.3) is 5.56 Å². The molecule has 2 aliphatic rings. The van der Waals surface area contributed by atoms with E-state index in [4.69, 9.17) is 4.84 Å². The summed E-state index contributed by atoms with van der Waals surface area (Å²) in [7, 11) is 1.72. The first-order chi connectivity index (χ1) is 16.1. The van der Waals surface area contributed by atoms with Gasteiger partial charge in [-0.15, -0.1) is 0 Å². The first-order valence-electron chi connectivity index (χ1n) is 11.3. The van der Waals surface area contributed by atoms with Gasteiger partial charge < -0.3 is 14.3 Å². The fourth-order valence-corrected chi connectivity index (χ4v) is 4.27. The van der Waals surface area contributed by atoms with Crippen molar-refractivity contribution in [1.29, 1.82) is 5.26 Å². The third kappa shape index (κ3) is 4.42. The molecule has 3 aromatic rings. The summed E-state index contributed by atoms with van der Waals surface area (Å²) in [4.78, 5) is 33.6. The highest BCUT2D eigenvalue weighted by Gasteiger charge is 2.28. The van der Waals surface area contributed by atoms with Crippen LogP contribution < -0.4 is 10.5 Å². The average molecular weight is 444 g/mol. The van der Waals surface area contributed by atoms with Gasteiger partial charge in [0.1, 0.15) is 35.3 Å². The Bertz CT molecular complexity index is 1280. The molecular formula is C24H25N7O2. The number of anilines is 1.